The summed E-state index contributed by atoms with van der Waals surface area (Å²) in [5.74, 6) is 0.410. The predicted octanol–water partition coefficient (Wildman–Crippen LogP) is 3.43. The summed E-state index contributed by atoms with van der Waals surface area (Å²) in [6.45, 7) is 3.94. The van der Waals surface area contributed by atoms with Crippen molar-refractivity contribution in [2.45, 2.75) is 13.8 Å². The van der Waals surface area contributed by atoms with Crippen LogP contribution in [0.5, 0.6) is 0 Å². The number of aryl methyl sites for hydroxylation is 2. The second kappa shape index (κ2) is 4.81. The topological polar surface area (TPSA) is 57.8 Å². The maximum Gasteiger partial charge on any atom is 0.273 e. The molecule has 0 aliphatic carbocycles. The molecule has 3 rings (SSSR count). The van der Waals surface area contributed by atoms with Crippen LogP contribution in [0, 0.1) is 13.8 Å². The minimum Gasteiger partial charge on any atom is -0.351 e. The van der Waals surface area contributed by atoms with Gasteiger partial charge in [0.15, 0.2) is 0 Å². The van der Waals surface area contributed by atoms with Crippen molar-refractivity contribution in [2.75, 3.05) is 5.32 Å². The maximum absolute atomic E-state index is 12.2. The Morgan fingerprint density at radius 3 is 2.85 bits per heavy atom. The second-order valence-corrected chi connectivity index (χ2v) is 4.90. The molecule has 2 aromatic heterocycles. The standard InChI is InChI=1S/C16H15N3O/c1-10-5-6-12-9-14(18-13(12)8-10)16(20)19-15-11(2)4-3-7-17-15/h3-9,18H,1-2H3,(H,17,19,20). The first-order chi connectivity index (χ1) is 9.63. The van der Waals surface area contributed by atoms with Crippen LogP contribution in [-0.2, 0) is 0 Å². The minimum atomic E-state index is -0.180. The zero-order chi connectivity index (χ0) is 14.1. The van der Waals surface area contributed by atoms with Crippen LogP contribution in [0.25, 0.3) is 10.9 Å². The van der Waals surface area contributed by atoms with Gasteiger partial charge < -0.3 is 10.3 Å². The molecule has 0 radical (unpaired) electrons. The highest BCUT2D eigenvalue weighted by atomic mass is 16.1. The summed E-state index contributed by atoms with van der Waals surface area (Å²) in [4.78, 5) is 19.5. The van der Waals surface area contributed by atoms with Crippen LogP contribution in [0.3, 0.4) is 0 Å². The lowest BCUT2D eigenvalue weighted by molar-refractivity contribution is 0.102. The van der Waals surface area contributed by atoms with E-state index in [1.54, 1.807) is 6.20 Å². The molecule has 1 aromatic carbocycles. The van der Waals surface area contributed by atoms with E-state index >= 15 is 0 Å². The SMILES string of the molecule is Cc1ccc2cc(C(=O)Nc3ncccc3C)[nH]c2c1. The largest absolute Gasteiger partial charge is 0.351 e. The molecule has 4 heteroatoms. The van der Waals surface area contributed by atoms with Gasteiger partial charge in [0.2, 0.25) is 0 Å². The number of amides is 1. The monoisotopic (exact) mass is 265 g/mol. The molecule has 20 heavy (non-hydrogen) atoms. The summed E-state index contributed by atoms with van der Waals surface area (Å²) in [7, 11) is 0. The first-order valence-corrected chi connectivity index (χ1v) is 6.46. The van der Waals surface area contributed by atoms with E-state index in [0.717, 1.165) is 22.0 Å². The number of H-pyrrole nitrogens is 1. The highest BCUT2D eigenvalue weighted by Gasteiger charge is 2.11. The molecule has 1 amide bonds. The first-order valence-electron chi connectivity index (χ1n) is 6.46. The zero-order valence-electron chi connectivity index (χ0n) is 11.4. The third kappa shape index (κ3) is 2.28. The summed E-state index contributed by atoms with van der Waals surface area (Å²) in [5.41, 5.74) is 3.60. The molecule has 0 spiro atoms. The number of carbonyl (C=O) groups excluding carboxylic acids is 1. The minimum absolute atomic E-state index is 0.180. The van der Waals surface area contributed by atoms with E-state index in [0.29, 0.717) is 11.5 Å². The van der Waals surface area contributed by atoms with E-state index in [9.17, 15) is 4.79 Å². The van der Waals surface area contributed by atoms with E-state index in [1.165, 1.54) is 0 Å². The lowest BCUT2D eigenvalue weighted by Crippen LogP contribution is -2.14. The normalized spacial score (nSPS) is 10.7. The van der Waals surface area contributed by atoms with Gasteiger partial charge in [-0.2, -0.15) is 0 Å². The number of benzene rings is 1. The number of hydrogen-bond donors (Lipinski definition) is 2. The fourth-order valence-electron chi connectivity index (χ4n) is 2.15. The molecule has 4 nitrogen and oxygen atoms in total. The van der Waals surface area contributed by atoms with E-state index < -0.39 is 0 Å². The first kappa shape index (κ1) is 12.4. The van der Waals surface area contributed by atoms with E-state index in [4.69, 9.17) is 0 Å². The Kier molecular flexibility index (Phi) is 2.99. The fourth-order valence-corrected chi connectivity index (χ4v) is 2.15. The van der Waals surface area contributed by atoms with Crippen molar-refractivity contribution in [1.29, 1.82) is 0 Å². The number of hydrogen-bond acceptors (Lipinski definition) is 2. The summed E-state index contributed by atoms with van der Waals surface area (Å²) in [6, 6.07) is 11.7. The third-order valence-electron chi connectivity index (χ3n) is 3.26. The van der Waals surface area contributed by atoms with Crippen LogP contribution in [0.1, 0.15) is 21.6 Å². The molecule has 0 saturated carbocycles. The molecular weight excluding hydrogens is 250 g/mol. The number of aromatic amines is 1. The molecule has 100 valence electrons. The average molecular weight is 265 g/mol. The van der Waals surface area contributed by atoms with Crippen molar-refractivity contribution < 1.29 is 4.79 Å². The third-order valence-corrected chi connectivity index (χ3v) is 3.26. The number of rotatable bonds is 2. The lowest BCUT2D eigenvalue weighted by Gasteiger charge is -2.05. The predicted molar refractivity (Wildman–Crippen MR) is 80.0 cm³/mol. The average Bonchev–Trinajstić information content (AvgIpc) is 2.84. The number of anilines is 1. The van der Waals surface area contributed by atoms with Gasteiger partial charge in [-0.05, 0) is 43.2 Å². The van der Waals surface area contributed by atoms with E-state index in [2.05, 4.69) is 15.3 Å². The van der Waals surface area contributed by atoms with Gasteiger partial charge in [-0.1, -0.05) is 18.2 Å². The quantitative estimate of drug-likeness (QED) is 0.745. The van der Waals surface area contributed by atoms with Gasteiger partial charge in [0.25, 0.3) is 5.91 Å². The molecule has 2 N–H and O–H groups in total. The van der Waals surface area contributed by atoms with Gasteiger partial charge in [0, 0.05) is 17.1 Å². The zero-order valence-corrected chi connectivity index (χ0v) is 11.4. The molecule has 0 aliphatic rings. The van der Waals surface area contributed by atoms with Crippen molar-refractivity contribution in [2.24, 2.45) is 0 Å². The van der Waals surface area contributed by atoms with E-state index in [1.807, 2.05) is 50.2 Å². The number of pyridine rings is 1. The number of nitrogens with one attached hydrogen (secondary N) is 2. The van der Waals surface area contributed by atoms with Crippen molar-refractivity contribution in [3.05, 3.63) is 59.4 Å². The van der Waals surface area contributed by atoms with Crippen LogP contribution in [0.2, 0.25) is 0 Å². The van der Waals surface area contributed by atoms with Crippen LogP contribution in [0.4, 0.5) is 5.82 Å². The van der Waals surface area contributed by atoms with Gasteiger partial charge >= 0.3 is 0 Å². The molecule has 0 atom stereocenters. The molecule has 0 unspecified atom stereocenters. The van der Waals surface area contributed by atoms with Gasteiger partial charge in [-0.15, -0.1) is 0 Å². The molecule has 2 heterocycles. The maximum atomic E-state index is 12.2. The fraction of sp³-hybridized carbons (Fsp3) is 0.125. The molecule has 3 aromatic rings. The number of aromatic nitrogens is 2. The Morgan fingerprint density at radius 1 is 1.20 bits per heavy atom. The molecule has 0 bridgehead atoms. The summed E-state index contributed by atoms with van der Waals surface area (Å²) >= 11 is 0. The second-order valence-electron chi connectivity index (χ2n) is 4.90. The van der Waals surface area contributed by atoms with Gasteiger partial charge in [-0.3, -0.25) is 4.79 Å². The Bertz CT molecular complexity index is 789. The Hall–Kier alpha value is -2.62. The molecule has 0 saturated heterocycles. The van der Waals surface area contributed by atoms with Crippen LogP contribution in [0.15, 0.2) is 42.6 Å². The van der Waals surface area contributed by atoms with Crippen molar-refractivity contribution in [3.8, 4) is 0 Å². The summed E-state index contributed by atoms with van der Waals surface area (Å²) in [6.07, 6.45) is 1.66. The number of carbonyl (C=O) groups is 1. The van der Waals surface area contributed by atoms with Gasteiger partial charge in [0.05, 0.1) is 0 Å². The van der Waals surface area contributed by atoms with Crippen LogP contribution >= 0.6 is 0 Å². The van der Waals surface area contributed by atoms with E-state index in [-0.39, 0.29) is 5.91 Å². The van der Waals surface area contributed by atoms with Gasteiger partial charge in [-0.25, -0.2) is 4.98 Å². The highest BCUT2D eigenvalue weighted by Crippen LogP contribution is 2.18. The Morgan fingerprint density at radius 2 is 2.05 bits per heavy atom. The van der Waals surface area contributed by atoms with Crippen molar-refractivity contribution in [1.82, 2.24) is 9.97 Å². The Balaban J connectivity index is 1.91. The Labute approximate surface area is 116 Å². The summed E-state index contributed by atoms with van der Waals surface area (Å²) in [5, 5.41) is 3.85. The van der Waals surface area contributed by atoms with Gasteiger partial charge in [0.1, 0.15) is 11.5 Å². The number of fused-ring (bicyclic) bond motifs is 1. The lowest BCUT2D eigenvalue weighted by atomic mass is 10.2. The van der Waals surface area contributed by atoms with Crippen LogP contribution in [-0.4, -0.2) is 15.9 Å². The van der Waals surface area contributed by atoms with Crippen LogP contribution < -0.4 is 5.32 Å². The van der Waals surface area contributed by atoms with Crippen molar-refractivity contribution in [3.63, 3.8) is 0 Å². The van der Waals surface area contributed by atoms with Crippen molar-refractivity contribution >= 4 is 22.6 Å². The number of nitrogens with zero attached hydrogens (tertiary/aromatic N) is 1. The molecule has 0 aliphatic heterocycles. The highest BCUT2D eigenvalue weighted by molar-refractivity contribution is 6.05. The smallest absolute Gasteiger partial charge is 0.273 e. The molecular formula is C16H15N3O. The molecule has 0 fully saturated rings. The summed E-state index contributed by atoms with van der Waals surface area (Å²) < 4.78 is 0.